The minimum Gasteiger partial charge on any atom is -0.508 e. The Morgan fingerprint density at radius 1 is 1.03 bits per heavy atom. The third-order valence-electron chi connectivity index (χ3n) is 5.08. The largest absolute Gasteiger partial charge is 0.508 e. The summed E-state index contributed by atoms with van der Waals surface area (Å²) >= 11 is 0.978. The summed E-state index contributed by atoms with van der Waals surface area (Å²) in [5, 5.41) is 18.1. The number of phenolic OH excluding ortho intramolecular Hbond substituents is 1. The molecule has 1 heterocycles. The summed E-state index contributed by atoms with van der Waals surface area (Å²) in [6.45, 7) is 0.375. The molecule has 1 atom stereocenters. The predicted molar refractivity (Wildman–Crippen MR) is 112 cm³/mol. The number of phenols is 1. The number of hydrogen-bond acceptors (Lipinski definition) is 5. The molecular weight excluding hydrogens is 394 g/mol. The monoisotopic (exact) mass is 420 g/mol. The summed E-state index contributed by atoms with van der Waals surface area (Å²) in [6.07, 6.45) is 9.47. The number of benzene rings is 2. The minimum absolute atomic E-state index is 0.0468. The number of para-hydroxylation sites is 1. The van der Waals surface area contributed by atoms with E-state index in [1.165, 1.54) is 44.6 Å². The Bertz CT molecular complexity index is 826. The van der Waals surface area contributed by atoms with Crippen LogP contribution in [0.2, 0.25) is 0 Å². The highest BCUT2D eigenvalue weighted by Gasteiger charge is 2.41. The first-order valence-electron chi connectivity index (χ1n) is 9.92. The summed E-state index contributed by atoms with van der Waals surface area (Å²) < 4.78 is 27.2. The van der Waals surface area contributed by atoms with Gasteiger partial charge in [-0.1, -0.05) is 68.5 Å². The summed E-state index contributed by atoms with van der Waals surface area (Å²) in [6, 6.07) is 9.66. The molecular formula is C22H26F2N2O2S. The Morgan fingerprint density at radius 3 is 2.28 bits per heavy atom. The van der Waals surface area contributed by atoms with Crippen molar-refractivity contribution >= 4 is 16.8 Å². The van der Waals surface area contributed by atoms with Crippen LogP contribution in [0.15, 0.2) is 42.5 Å². The maximum Gasteiger partial charge on any atom is 0.133 e. The molecule has 1 aliphatic carbocycles. The molecule has 7 heteroatoms. The van der Waals surface area contributed by atoms with E-state index in [1.807, 2.05) is 0 Å². The fraction of sp³-hybridized carbons (Fsp3) is 0.409. The third-order valence-corrected chi connectivity index (χ3v) is 6.36. The van der Waals surface area contributed by atoms with Gasteiger partial charge in [-0.3, -0.25) is 10.2 Å². The molecule has 1 saturated heterocycles. The van der Waals surface area contributed by atoms with Crippen LogP contribution in [0, 0.1) is 17.0 Å². The Labute approximate surface area is 174 Å². The molecule has 1 saturated carbocycles. The lowest BCUT2D eigenvalue weighted by Crippen LogP contribution is -2.34. The standard InChI is InChI=1S/C16H14F2N2O2S.C6H12/c17-10-5-6-13(18)11(9-10)15(19)23-16(7-8-22-20-16)12-3-1-2-4-14(12)21;1-2-4-6-5-3-1/h1-6,9,19-21H,7-8H2;1-6H2. The van der Waals surface area contributed by atoms with Crippen LogP contribution < -0.4 is 5.48 Å². The van der Waals surface area contributed by atoms with Gasteiger partial charge < -0.3 is 5.11 Å². The highest BCUT2D eigenvalue weighted by Crippen LogP contribution is 2.45. The maximum absolute atomic E-state index is 13.9. The molecule has 2 aromatic carbocycles. The normalized spacial score (nSPS) is 21.3. The van der Waals surface area contributed by atoms with Gasteiger partial charge in [0.2, 0.25) is 0 Å². The predicted octanol–water partition coefficient (Wildman–Crippen LogP) is 5.85. The van der Waals surface area contributed by atoms with E-state index in [1.54, 1.807) is 18.2 Å². The lowest BCUT2D eigenvalue weighted by atomic mass is 10.0. The average molecular weight is 421 g/mol. The smallest absolute Gasteiger partial charge is 0.133 e. The Hall–Kier alpha value is -1.96. The fourth-order valence-electron chi connectivity index (χ4n) is 3.51. The number of thioether (sulfide) groups is 1. The van der Waals surface area contributed by atoms with Gasteiger partial charge in [-0.2, -0.15) is 5.48 Å². The van der Waals surface area contributed by atoms with E-state index in [-0.39, 0.29) is 16.4 Å². The quantitative estimate of drug-likeness (QED) is 0.431. The van der Waals surface area contributed by atoms with E-state index in [0.717, 1.165) is 30.0 Å². The summed E-state index contributed by atoms with van der Waals surface area (Å²) in [7, 11) is 0. The van der Waals surface area contributed by atoms with Crippen molar-refractivity contribution in [1.82, 2.24) is 5.48 Å². The molecule has 3 N–H and O–H groups in total. The molecule has 0 radical (unpaired) electrons. The van der Waals surface area contributed by atoms with Crippen LogP contribution in [0.3, 0.4) is 0 Å². The Kier molecular flexibility index (Phi) is 7.64. The van der Waals surface area contributed by atoms with Gasteiger partial charge in [0.05, 0.1) is 11.7 Å². The van der Waals surface area contributed by atoms with Gasteiger partial charge in [0.25, 0.3) is 0 Å². The van der Waals surface area contributed by atoms with Gasteiger partial charge in [-0.05, 0) is 24.3 Å². The summed E-state index contributed by atoms with van der Waals surface area (Å²) in [5.41, 5.74) is 3.21. The van der Waals surface area contributed by atoms with Gasteiger partial charge >= 0.3 is 0 Å². The van der Waals surface area contributed by atoms with Crippen LogP contribution in [0.1, 0.15) is 56.1 Å². The van der Waals surface area contributed by atoms with Crippen molar-refractivity contribution < 1.29 is 18.7 Å². The van der Waals surface area contributed by atoms with Crippen LogP contribution in [-0.2, 0) is 9.71 Å². The molecule has 0 bridgehead atoms. The van der Waals surface area contributed by atoms with Crippen molar-refractivity contribution in [3.63, 3.8) is 0 Å². The third kappa shape index (κ3) is 5.56. The minimum atomic E-state index is -0.929. The highest BCUT2D eigenvalue weighted by molar-refractivity contribution is 8.15. The SMILES string of the molecule is C1CCCCC1.N=C(SC1(c2ccccc2O)CCON1)c1cc(F)ccc1F. The molecule has 0 amide bonds. The Morgan fingerprint density at radius 2 is 1.69 bits per heavy atom. The lowest BCUT2D eigenvalue weighted by molar-refractivity contribution is 0.0816. The van der Waals surface area contributed by atoms with E-state index < -0.39 is 16.5 Å². The second kappa shape index (κ2) is 10.2. The molecule has 0 spiro atoms. The number of hydroxylamine groups is 1. The van der Waals surface area contributed by atoms with Crippen molar-refractivity contribution in [2.75, 3.05) is 6.61 Å². The second-order valence-electron chi connectivity index (χ2n) is 7.22. The van der Waals surface area contributed by atoms with E-state index in [2.05, 4.69) is 5.48 Å². The van der Waals surface area contributed by atoms with Crippen molar-refractivity contribution in [3.8, 4) is 5.75 Å². The fourth-order valence-corrected chi connectivity index (χ4v) is 4.69. The average Bonchev–Trinajstić information content (AvgIpc) is 3.21. The van der Waals surface area contributed by atoms with Crippen LogP contribution in [0.5, 0.6) is 5.75 Å². The number of aromatic hydroxyl groups is 1. The first-order chi connectivity index (χ1) is 14.0. The first kappa shape index (κ1) is 21.7. The molecule has 2 fully saturated rings. The molecule has 1 aliphatic heterocycles. The zero-order valence-electron chi connectivity index (χ0n) is 16.2. The van der Waals surface area contributed by atoms with Gasteiger partial charge in [0.15, 0.2) is 0 Å². The van der Waals surface area contributed by atoms with Crippen molar-refractivity contribution in [2.24, 2.45) is 0 Å². The van der Waals surface area contributed by atoms with Crippen molar-refractivity contribution in [3.05, 3.63) is 65.2 Å². The van der Waals surface area contributed by atoms with E-state index >= 15 is 0 Å². The molecule has 1 unspecified atom stereocenters. The second-order valence-corrected chi connectivity index (χ2v) is 8.53. The van der Waals surface area contributed by atoms with Gasteiger partial charge in [0, 0.05) is 17.5 Å². The summed E-state index contributed by atoms with van der Waals surface area (Å²) in [4.78, 5) is 4.28. The molecule has 0 aromatic heterocycles. The number of hydrogen-bond donors (Lipinski definition) is 3. The molecule has 2 aliphatic rings. The van der Waals surface area contributed by atoms with Crippen LogP contribution in [0.4, 0.5) is 8.78 Å². The molecule has 4 rings (SSSR count). The number of halogens is 2. The van der Waals surface area contributed by atoms with E-state index in [9.17, 15) is 13.9 Å². The molecule has 2 aromatic rings. The van der Waals surface area contributed by atoms with E-state index in [0.29, 0.717) is 18.6 Å². The first-order valence-corrected chi connectivity index (χ1v) is 10.7. The highest BCUT2D eigenvalue weighted by atomic mass is 32.2. The molecule has 4 nitrogen and oxygen atoms in total. The van der Waals surface area contributed by atoms with Crippen LogP contribution >= 0.6 is 11.8 Å². The zero-order valence-corrected chi connectivity index (χ0v) is 17.0. The van der Waals surface area contributed by atoms with Gasteiger partial charge in [-0.15, -0.1) is 0 Å². The summed E-state index contributed by atoms with van der Waals surface area (Å²) in [5.74, 6) is -1.24. The zero-order chi connectivity index (χ0) is 20.7. The van der Waals surface area contributed by atoms with Gasteiger partial charge in [0.1, 0.15) is 22.3 Å². The number of rotatable bonds is 3. The van der Waals surface area contributed by atoms with Crippen LogP contribution in [0.25, 0.3) is 0 Å². The molecule has 156 valence electrons. The lowest BCUT2D eigenvalue weighted by Gasteiger charge is -2.28. The maximum atomic E-state index is 13.9. The topological polar surface area (TPSA) is 65.3 Å². The van der Waals surface area contributed by atoms with Gasteiger partial charge in [-0.25, -0.2) is 8.78 Å². The van der Waals surface area contributed by atoms with Crippen molar-refractivity contribution in [1.29, 1.82) is 5.41 Å². The Balaban J connectivity index is 0.000000343. The van der Waals surface area contributed by atoms with E-state index in [4.69, 9.17) is 10.2 Å². The molecule has 29 heavy (non-hydrogen) atoms. The number of nitrogens with one attached hydrogen (secondary N) is 2. The van der Waals surface area contributed by atoms with Crippen molar-refractivity contribution in [2.45, 2.75) is 49.8 Å². The van der Waals surface area contributed by atoms with Crippen LogP contribution in [-0.4, -0.2) is 16.8 Å².